The molecule has 2 rings (SSSR count). The van der Waals surface area contributed by atoms with E-state index in [4.69, 9.17) is 4.43 Å². The summed E-state index contributed by atoms with van der Waals surface area (Å²) < 4.78 is 66.4. The van der Waals surface area contributed by atoms with Crippen LogP contribution in [0.25, 0.3) is 11.1 Å². The Morgan fingerprint density at radius 3 is 1.78 bits per heavy atom. The number of unbranched alkanes of at least 4 members (excludes halogenated alkanes) is 9. The molecule has 2 aromatic rings. The molecule has 1 atom stereocenters. The third-order valence-corrected chi connectivity index (χ3v) is 7.49. The normalized spacial score (nSPS) is 14.2. The van der Waals surface area contributed by atoms with E-state index >= 15 is 0 Å². The summed E-state index contributed by atoms with van der Waals surface area (Å²) in [5.74, 6) is 0.887. The number of halogens is 7. The molecule has 0 saturated heterocycles. The van der Waals surface area contributed by atoms with Gasteiger partial charge in [-0.3, -0.25) is 0 Å². The van der Waals surface area contributed by atoms with Gasteiger partial charge in [-0.25, -0.2) is 0 Å². The monoisotopic (exact) mass is 682 g/mol. The molecule has 0 saturated carbocycles. The van der Waals surface area contributed by atoms with Crippen LogP contribution in [0.2, 0.25) is 6.04 Å². The second-order valence-corrected chi connectivity index (χ2v) is 13.1. The van der Waals surface area contributed by atoms with Gasteiger partial charge in [0.2, 0.25) is 0 Å². The predicted molar refractivity (Wildman–Crippen MR) is 139 cm³/mol. The number of aliphatic hydroxyl groups excluding tert-OH is 1. The molecule has 37 heavy (non-hydrogen) atoms. The van der Waals surface area contributed by atoms with Crippen LogP contribution >= 0.6 is 7.81 Å². The maximum atomic E-state index is 10.2. The molecular weight excluding hydrogens is 644 g/mol. The van der Waals surface area contributed by atoms with Gasteiger partial charge in [-0.2, -0.15) is 0 Å². The summed E-state index contributed by atoms with van der Waals surface area (Å²) in [7, 11) is -10.3. The Balaban J connectivity index is 0.000000856. The zero-order chi connectivity index (χ0) is 27.9. The van der Waals surface area contributed by atoms with E-state index in [-0.39, 0.29) is 6.10 Å². The van der Waals surface area contributed by atoms with E-state index in [1.165, 1.54) is 72.5 Å². The average molecular weight is 683 g/mol. The molecule has 0 amide bonds. The number of rotatable bonds is 16. The fourth-order valence-corrected chi connectivity index (χ4v) is 5.14. The van der Waals surface area contributed by atoms with E-state index in [2.05, 4.69) is 65.9 Å². The summed E-state index contributed by atoms with van der Waals surface area (Å²) in [5, 5.41) is 10.2. The second-order valence-electron chi connectivity index (χ2n) is 9.05. The molecule has 2 radical (unpaired) electrons. The Morgan fingerprint density at radius 2 is 1.27 bits per heavy atom. The molecule has 0 fully saturated rings. The number of benzene rings is 2. The van der Waals surface area contributed by atoms with Crippen molar-refractivity contribution in [2.45, 2.75) is 89.7 Å². The Labute approximate surface area is 232 Å². The standard InChI is InChI=1S/C26H38IO2Si.F6P/c1-2-3-4-5-6-7-8-9-10-11-14-23(28)21-30-29-24-19-17-22(18-20-24)25-15-12-13-16-26(25)27;1-7(2,3,4,5)6/h12-13,15-20,23,27-28H,2-11,14,21H2,1H3;/q+1;-1. The number of hydrogen-bond acceptors (Lipinski definition) is 2. The van der Waals surface area contributed by atoms with E-state index < -0.39 is 7.81 Å². The van der Waals surface area contributed by atoms with Gasteiger partial charge in [0.1, 0.15) is 5.75 Å². The van der Waals surface area contributed by atoms with E-state index in [1.54, 1.807) is 0 Å². The summed E-state index contributed by atoms with van der Waals surface area (Å²) in [4.78, 5) is 0. The van der Waals surface area contributed by atoms with Gasteiger partial charge < -0.3 is 9.53 Å². The van der Waals surface area contributed by atoms with Crippen LogP contribution in [-0.2, 0) is 0 Å². The van der Waals surface area contributed by atoms with Crippen molar-refractivity contribution in [3.8, 4) is 16.9 Å². The number of aliphatic hydroxyl groups is 1. The molecule has 0 aliphatic rings. The van der Waals surface area contributed by atoms with Crippen LogP contribution in [0.15, 0.2) is 48.5 Å². The van der Waals surface area contributed by atoms with Crippen molar-refractivity contribution in [1.82, 2.24) is 0 Å². The fraction of sp³-hybridized carbons (Fsp3) is 0.538. The Morgan fingerprint density at radius 1 is 0.784 bits per heavy atom. The summed E-state index contributed by atoms with van der Waals surface area (Å²) in [5.41, 5.74) is 2.48. The van der Waals surface area contributed by atoms with Crippen molar-refractivity contribution in [3.05, 3.63) is 52.1 Å². The van der Waals surface area contributed by atoms with Crippen LogP contribution in [-0.4, -0.2) is 21.0 Å². The Hall–Kier alpha value is -0.843. The van der Waals surface area contributed by atoms with Crippen molar-refractivity contribution in [2.75, 3.05) is 0 Å². The van der Waals surface area contributed by atoms with Gasteiger partial charge in [0.15, 0.2) is 3.57 Å². The molecule has 0 aliphatic heterocycles. The predicted octanol–water partition coefficient (Wildman–Crippen LogP) is 7.28. The third kappa shape index (κ3) is 21.7. The SMILES string of the molecule is CCCCCCCCCCCCC(O)C[Si]Oc1ccc(-c2ccccc2[IH+])cc1.F[P-](F)(F)(F)(F)F. The fourth-order valence-electron chi connectivity index (χ4n) is 3.60. The topological polar surface area (TPSA) is 29.5 Å². The molecule has 1 unspecified atom stereocenters. The molecule has 1 N–H and O–H groups in total. The molecule has 0 aromatic heterocycles. The summed E-state index contributed by atoms with van der Waals surface area (Å²) >= 11 is 2.06. The molecule has 0 bridgehead atoms. The van der Waals surface area contributed by atoms with E-state index in [1.807, 2.05) is 12.1 Å². The number of hydrogen-bond donors (Lipinski definition) is 1. The second kappa shape index (κ2) is 15.7. The molecule has 11 heteroatoms. The van der Waals surface area contributed by atoms with Gasteiger partial charge in [-0.15, -0.1) is 0 Å². The summed E-state index contributed by atoms with van der Waals surface area (Å²) in [6, 6.07) is 17.5. The van der Waals surface area contributed by atoms with Crippen LogP contribution in [0, 0.1) is 3.57 Å². The van der Waals surface area contributed by atoms with Crippen molar-refractivity contribution in [2.24, 2.45) is 0 Å². The first-order valence-corrected chi connectivity index (χ1v) is 17.0. The van der Waals surface area contributed by atoms with Crippen LogP contribution in [0.4, 0.5) is 25.2 Å². The van der Waals surface area contributed by atoms with Crippen molar-refractivity contribution in [1.29, 1.82) is 0 Å². The Kier molecular flexibility index (Phi) is 14.5. The zero-order valence-electron chi connectivity index (χ0n) is 21.2. The minimum atomic E-state index is -10.7. The molecule has 2 nitrogen and oxygen atoms in total. The van der Waals surface area contributed by atoms with Gasteiger partial charge in [-0.05, 0) is 36.2 Å². The molecule has 2 aromatic carbocycles. The van der Waals surface area contributed by atoms with E-state index in [9.17, 15) is 30.3 Å². The van der Waals surface area contributed by atoms with Crippen LogP contribution in [0.5, 0.6) is 5.75 Å². The molecule has 212 valence electrons. The van der Waals surface area contributed by atoms with Crippen molar-refractivity contribution < 1.29 is 57.3 Å². The van der Waals surface area contributed by atoms with E-state index in [0.717, 1.165) is 24.6 Å². The van der Waals surface area contributed by atoms with Gasteiger partial charge in [0, 0.05) is 11.6 Å². The summed E-state index contributed by atoms with van der Waals surface area (Å²) in [6.07, 6.45) is 14.0. The average Bonchev–Trinajstić information content (AvgIpc) is 2.79. The molecule has 0 heterocycles. The van der Waals surface area contributed by atoms with Gasteiger partial charge in [0.25, 0.3) is 22.6 Å². The first kappa shape index (κ1) is 34.2. The third-order valence-electron chi connectivity index (χ3n) is 5.45. The molecular formula is C26H38F6IO2PSi. The van der Waals surface area contributed by atoms with Crippen LogP contribution < -0.4 is 27.0 Å². The summed E-state index contributed by atoms with van der Waals surface area (Å²) in [6.45, 7) is 2.27. The first-order chi connectivity index (χ1) is 17.2. The molecule has 0 aliphatic carbocycles. The molecule has 0 spiro atoms. The van der Waals surface area contributed by atoms with Gasteiger partial charge in [-0.1, -0.05) is 95.4 Å². The van der Waals surface area contributed by atoms with E-state index in [0.29, 0.717) is 9.76 Å². The van der Waals surface area contributed by atoms with Crippen LogP contribution in [0.3, 0.4) is 0 Å². The minimum absolute atomic E-state index is 0.232. The quantitative estimate of drug-likeness (QED) is 0.0664. The van der Waals surface area contributed by atoms with Crippen molar-refractivity contribution in [3.63, 3.8) is 0 Å². The maximum absolute atomic E-state index is 10.7. The Bertz CT molecular complexity index is 887. The first-order valence-electron chi connectivity index (χ1n) is 12.7. The van der Waals surface area contributed by atoms with Crippen molar-refractivity contribution >= 4 is 17.6 Å². The van der Waals surface area contributed by atoms with Gasteiger partial charge in [0.05, 0.1) is 6.10 Å². The van der Waals surface area contributed by atoms with Gasteiger partial charge >= 0.3 is 42.8 Å². The van der Waals surface area contributed by atoms with Crippen LogP contribution in [0.1, 0.15) is 77.6 Å². The zero-order valence-corrected chi connectivity index (χ0v) is 25.4.